The van der Waals surface area contributed by atoms with Crippen molar-refractivity contribution >= 4 is 15.8 Å². The molecule has 2 heteroatoms. The van der Waals surface area contributed by atoms with E-state index in [1.807, 2.05) is 0 Å². The Hall–Kier alpha value is 0.340. The van der Waals surface area contributed by atoms with Crippen molar-refractivity contribution in [2.24, 2.45) is 0 Å². The minimum atomic E-state index is 0.138. The summed E-state index contributed by atoms with van der Waals surface area (Å²) >= 11 is 0. The molecule has 0 bridgehead atoms. The molecule has 0 spiro atoms. The Labute approximate surface area is 136 Å². The first-order valence-electron chi connectivity index (χ1n) is 8.62. The highest BCUT2D eigenvalue weighted by Crippen LogP contribution is 2.50. The highest BCUT2D eigenvalue weighted by atomic mass is 31.1. The van der Waals surface area contributed by atoms with E-state index in [0.717, 1.165) is 22.6 Å². The Bertz CT molecular complexity index is 359. The molecular formula is C19H36P2. The van der Waals surface area contributed by atoms with Crippen molar-refractivity contribution < 1.29 is 0 Å². The Morgan fingerprint density at radius 1 is 0.762 bits per heavy atom. The maximum atomic E-state index is 2.56. The Morgan fingerprint density at radius 3 is 1.62 bits per heavy atom. The zero-order chi connectivity index (χ0) is 16.2. The second-order valence-electron chi connectivity index (χ2n) is 7.51. The molecule has 0 saturated heterocycles. The molecule has 0 unspecified atom stereocenters. The second-order valence-corrected chi connectivity index (χ2v) is 14.3. The molecule has 1 aliphatic carbocycles. The van der Waals surface area contributed by atoms with E-state index in [0.29, 0.717) is 0 Å². The summed E-state index contributed by atoms with van der Waals surface area (Å²) in [5, 5.41) is 0. The van der Waals surface area contributed by atoms with Crippen molar-refractivity contribution in [3.8, 4) is 0 Å². The maximum absolute atomic E-state index is 2.56. The molecule has 122 valence electrons. The molecule has 0 nitrogen and oxygen atoms in total. The van der Waals surface area contributed by atoms with E-state index in [9.17, 15) is 0 Å². The first-order chi connectivity index (χ1) is 9.72. The number of allylic oxidation sites excluding steroid dienone is 4. The summed E-state index contributed by atoms with van der Waals surface area (Å²) in [6.45, 7) is 19.3. The van der Waals surface area contributed by atoms with Crippen molar-refractivity contribution in [3.05, 3.63) is 23.3 Å². The fourth-order valence-corrected chi connectivity index (χ4v) is 8.41. The third-order valence-electron chi connectivity index (χ3n) is 4.42. The molecule has 0 aromatic rings. The minimum absolute atomic E-state index is 0.138. The standard InChI is InChI=1S/C19H36P2/c1-14(2)20(15(3)4)12-18-9-10-19(11-18)13-21(16(5)6)17(7)8/h9,11,14-17H,10,12-13H2,1-8H3. The zero-order valence-electron chi connectivity index (χ0n) is 15.5. The molecule has 0 aliphatic heterocycles. The van der Waals surface area contributed by atoms with Crippen LogP contribution < -0.4 is 0 Å². The van der Waals surface area contributed by atoms with Gasteiger partial charge in [0.05, 0.1) is 0 Å². The molecule has 0 aromatic carbocycles. The van der Waals surface area contributed by atoms with Crippen molar-refractivity contribution in [2.45, 2.75) is 84.4 Å². The lowest BCUT2D eigenvalue weighted by Gasteiger charge is -2.27. The second kappa shape index (κ2) is 8.84. The Kier molecular flexibility index (Phi) is 8.16. The lowest BCUT2D eigenvalue weighted by molar-refractivity contribution is 1.000. The van der Waals surface area contributed by atoms with Crippen LogP contribution in [-0.2, 0) is 0 Å². The third kappa shape index (κ3) is 6.15. The molecule has 1 aliphatic rings. The smallest absolute Gasteiger partial charge is 0.00715 e. The van der Waals surface area contributed by atoms with E-state index >= 15 is 0 Å². The van der Waals surface area contributed by atoms with E-state index in [1.54, 1.807) is 11.1 Å². The van der Waals surface area contributed by atoms with Gasteiger partial charge in [-0.15, -0.1) is 0 Å². The van der Waals surface area contributed by atoms with Gasteiger partial charge in [-0.1, -0.05) is 89.0 Å². The summed E-state index contributed by atoms with van der Waals surface area (Å²) in [5.41, 5.74) is 6.76. The first-order valence-corrected chi connectivity index (χ1v) is 11.9. The Morgan fingerprint density at radius 2 is 1.19 bits per heavy atom. The fourth-order valence-electron chi connectivity index (χ4n) is 3.23. The van der Waals surface area contributed by atoms with Crippen molar-refractivity contribution in [2.75, 3.05) is 12.3 Å². The van der Waals surface area contributed by atoms with E-state index in [4.69, 9.17) is 0 Å². The van der Waals surface area contributed by atoms with Crippen LogP contribution in [0.25, 0.3) is 0 Å². The first kappa shape index (κ1) is 19.4. The summed E-state index contributed by atoms with van der Waals surface area (Å²) in [4.78, 5) is 0. The zero-order valence-corrected chi connectivity index (χ0v) is 17.3. The highest BCUT2D eigenvalue weighted by molar-refractivity contribution is 7.59. The molecule has 1 rings (SSSR count). The van der Waals surface area contributed by atoms with Gasteiger partial charge in [-0.3, -0.25) is 0 Å². The van der Waals surface area contributed by atoms with Gasteiger partial charge in [0.25, 0.3) is 0 Å². The summed E-state index contributed by atoms with van der Waals surface area (Å²) in [7, 11) is 0.288. The Balaban J connectivity index is 2.64. The molecule has 0 aromatic heterocycles. The van der Waals surface area contributed by atoms with Crippen molar-refractivity contribution in [3.63, 3.8) is 0 Å². The van der Waals surface area contributed by atoms with Crippen molar-refractivity contribution in [1.82, 2.24) is 0 Å². The maximum Gasteiger partial charge on any atom is -0.00715 e. The lowest BCUT2D eigenvalue weighted by atomic mass is 10.3. The molecule has 0 saturated carbocycles. The predicted molar refractivity (Wildman–Crippen MR) is 105 cm³/mol. The molecule has 0 fully saturated rings. The van der Waals surface area contributed by atoms with Gasteiger partial charge in [0.15, 0.2) is 0 Å². The largest absolute Gasteiger partial charge is 0.0973 e. The van der Waals surface area contributed by atoms with E-state index in [2.05, 4.69) is 67.5 Å². The molecule has 0 heterocycles. The van der Waals surface area contributed by atoms with Crippen LogP contribution in [0.1, 0.15) is 61.8 Å². The fraction of sp³-hybridized carbons (Fsp3) is 0.789. The van der Waals surface area contributed by atoms with Gasteiger partial charge >= 0.3 is 0 Å². The molecule has 0 radical (unpaired) electrons. The third-order valence-corrected chi connectivity index (χ3v) is 11.2. The topological polar surface area (TPSA) is 0 Å². The number of hydrogen-bond donors (Lipinski definition) is 0. The molecule has 0 N–H and O–H groups in total. The summed E-state index contributed by atoms with van der Waals surface area (Å²) < 4.78 is 0. The van der Waals surface area contributed by atoms with Crippen molar-refractivity contribution in [1.29, 1.82) is 0 Å². The summed E-state index contributed by atoms with van der Waals surface area (Å²) in [6.07, 6.45) is 9.01. The van der Waals surface area contributed by atoms with E-state index in [-0.39, 0.29) is 15.8 Å². The lowest BCUT2D eigenvalue weighted by Crippen LogP contribution is -2.08. The van der Waals surface area contributed by atoms with Crippen LogP contribution in [0.5, 0.6) is 0 Å². The van der Waals surface area contributed by atoms with Crippen LogP contribution in [0.15, 0.2) is 23.3 Å². The molecular weight excluding hydrogens is 290 g/mol. The normalized spacial score (nSPS) is 16.1. The number of hydrogen-bond acceptors (Lipinski definition) is 0. The van der Waals surface area contributed by atoms with E-state index in [1.165, 1.54) is 18.7 Å². The van der Waals surface area contributed by atoms with Crippen LogP contribution in [-0.4, -0.2) is 35.0 Å². The average Bonchev–Trinajstić information content (AvgIpc) is 2.79. The van der Waals surface area contributed by atoms with Crippen LogP contribution >= 0.6 is 15.8 Å². The highest BCUT2D eigenvalue weighted by Gasteiger charge is 2.22. The van der Waals surface area contributed by atoms with Gasteiger partial charge in [-0.2, -0.15) is 0 Å². The minimum Gasteiger partial charge on any atom is -0.0973 e. The summed E-state index contributed by atoms with van der Waals surface area (Å²) in [5.74, 6) is 0. The van der Waals surface area contributed by atoms with Crippen LogP contribution in [0, 0.1) is 0 Å². The number of rotatable bonds is 8. The summed E-state index contributed by atoms with van der Waals surface area (Å²) in [6, 6.07) is 0. The average molecular weight is 326 g/mol. The molecule has 0 atom stereocenters. The predicted octanol–water partition coefficient (Wildman–Crippen LogP) is 6.84. The monoisotopic (exact) mass is 326 g/mol. The van der Waals surface area contributed by atoms with Gasteiger partial charge in [-0.05, 0) is 47.0 Å². The van der Waals surface area contributed by atoms with Gasteiger partial charge in [0.2, 0.25) is 0 Å². The van der Waals surface area contributed by atoms with E-state index < -0.39 is 0 Å². The van der Waals surface area contributed by atoms with Crippen LogP contribution in [0.4, 0.5) is 0 Å². The molecule has 0 amide bonds. The van der Waals surface area contributed by atoms with Gasteiger partial charge in [0, 0.05) is 0 Å². The van der Waals surface area contributed by atoms with Gasteiger partial charge < -0.3 is 0 Å². The van der Waals surface area contributed by atoms with Gasteiger partial charge in [-0.25, -0.2) is 0 Å². The quantitative estimate of drug-likeness (QED) is 0.428. The SMILES string of the molecule is CC(C)P(CC1=CCC(CP(C(C)C)C(C)C)=C1)C(C)C. The van der Waals surface area contributed by atoms with Crippen LogP contribution in [0.3, 0.4) is 0 Å². The van der Waals surface area contributed by atoms with Gasteiger partial charge in [0.1, 0.15) is 0 Å². The van der Waals surface area contributed by atoms with Crippen LogP contribution in [0.2, 0.25) is 0 Å². The molecule has 21 heavy (non-hydrogen) atoms.